The van der Waals surface area contributed by atoms with E-state index in [4.69, 9.17) is 34.4 Å². The Morgan fingerprint density at radius 3 is 2.73 bits per heavy atom. The third-order valence-corrected chi connectivity index (χ3v) is 4.61. The fourth-order valence-electron chi connectivity index (χ4n) is 2.67. The van der Waals surface area contributed by atoms with Gasteiger partial charge in [0.1, 0.15) is 30.3 Å². The molecule has 8 nitrogen and oxygen atoms in total. The molecule has 2 aromatic carbocycles. The van der Waals surface area contributed by atoms with Crippen LogP contribution in [0.2, 0.25) is 5.02 Å². The summed E-state index contributed by atoms with van der Waals surface area (Å²) >= 11 is 10.9. The first kappa shape index (κ1) is 24.0. The number of aromatic nitrogens is 2. The number of alkyl halides is 2. The molecule has 3 rings (SSSR count). The van der Waals surface area contributed by atoms with Gasteiger partial charge in [0.15, 0.2) is 0 Å². The summed E-state index contributed by atoms with van der Waals surface area (Å²) in [5.74, 6) is 0.451. The topological polar surface area (TPSA) is 105 Å². The molecule has 0 saturated carbocycles. The zero-order chi connectivity index (χ0) is 24.0. The van der Waals surface area contributed by atoms with Crippen molar-refractivity contribution in [1.29, 1.82) is 0 Å². The number of anilines is 3. The van der Waals surface area contributed by atoms with Crippen molar-refractivity contribution in [3.63, 3.8) is 0 Å². The maximum Gasteiger partial charge on any atom is 0.270 e. The van der Waals surface area contributed by atoms with Crippen LogP contribution in [0.15, 0.2) is 36.7 Å². The van der Waals surface area contributed by atoms with Gasteiger partial charge in [-0.3, -0.25) is 9.59 Å². The summed E-state index contributed by atoms with van der Waals surface area (Å²) in [6.07, 6.45) is 6.55. The van der Waals surface area contributed by atoms with E-state index in [1.54, 1.807) is 0 Å². The predicted octanol–water partition coefficient (Wildman–Crippen LogP) is 3.77. The predicted molar refractivity (Wildman–Crippen MR) is 121 cm³/mol. The molecule has 0 aliphatic carbocycles. The first-order valence-electron chi connectivity index (χ1n) is 9.21. The minimum atomic E-state index is -2.28. The second-order valence-corrected chi connectivity index (χ2v) is 7.19. The largest absolute Gasteiger partial charge is 0.479 e. The molecule has 3 N–H and O–H groups in total. The fourth-order valence-corrected chi connectivity index (χ4v) is 2.93. The molecule has 0 aliphatic heterocycles. The average Bonchev–Trinajstić information content (AvgIpc) is 2.78. The molecule has 33 heavy (non-hydrogen) atoms. The number of hydrogen-bond acceptors (Lipinski definition) is 6. The van der Waals surface area contributed by atoms with E-state index in [9.17, 15) is 18.4 Å². The second kappa shape index (κ2) is 10.8. The van der Waals surface area contributed by atoms with Crippen LogP contribution in [0.1, 0.15) is 0 Å². The lowest BCUT2D eigenvalue weighted by molar-refractivity contribution is -0.125. The number of nitrogens with one attached hydrogen (secondary N) is 3. The van der Waals surface area contributed by atoms with Crippen LogP contribution in [-0.4, -0.2) is 40.6 Å². The Kier molecular flexibility index (Phi) is 7.82. The Hall–Kier alpha value is -3.68. The van der Waals surface area contributed by atoms with Crippen molar-refractivity contribution in [2.75, 3.05) is 23.8 Å². The van der Waals surface area contributed by atoms with E-state index in [0.717, 1.165) is 0 Å². The van der Waals surface area contributed by atoms with Crippen molar-refractivity contribution in [3.8, 4) is 18.1 Å². The van der Waals surface area contributed by atoms with Gasteiger partial charge in [-0.25, -0.2) is 18.7 Å². The average molecular weight is 494 g/mol. The summed E-state index contributed by atoms with van der Waals surface area (Å²) in [6, 6.07) is 7.10. The number of carbonyl (C=O) groups excluding carboxylic acids is 2. The van der Waals surface area contributed by atoms with Crippen molar-refractivity contribution >= 4 is 63.1 Å². The highest BCUT2D eigenvalue weighted by Gasteiger charge is 2.17. The standard InChI is InChI=1S/C21H15Cl2F2N5O3/c1-2-5-33-17-8-15-12(7-16(17)30-18(31)9-26-21(32)19(23)25)20(28-10-27-15)29-11-3-4-14(24)13(22)6-11/h1,3-4,6-8,10,19H,5,9H2,(H,26,32)(H,30,31)(H,27,28,29). The SMILES string of the molecule is C#CCOc1cc2ncnc(Nc3ccc(F)c(Cl)c3)c2cc1NC(=O)CNC(=O)C(F)Cl. The molecule has 0 saturated heterocycles. The molecular weight excluding hydrogens is 479 g/mol. The Labute approximate surface area is 196 Å². The minimum Gasteiger partial charge on any atom is -0.479 e. The smallest absolute Gasteiger partial charge is 0.270 e. The molecule has 0 radical (unpaired) electrons. The number of rotatable bonds is 8. The van der Waals surface area contributed by atoms with Crippen LogP contribution >= 0.6 is 23.2 Å². The molecule has 1 unspecified atom stereocenters. The van der Waals surface area contributed by atoms with Crippen molar-refractivity contribution in [1.82, 2.24) is 15.3 Å². The zero-order valence-electron chi connectivity index (χ0n) is 16.7. The van der Waals surface area contributed by atoms with E-state index in [1.807, 2.05) is 5.32 Å². The van der Waals surface area contributed by atoms with E-state index in [2.05, 4.69) is 26.5 Å². The molecule has 0 spiro atoms. The number of nitrogens with zero attached hydrogens (tertiary/aromatic N) is 2. The number of carbonyl (C=O) groups is 2. The van der Waals surface area contributed by atoms with E-state index in [0.29, 0.717) is 22.4 Å². The van der Waals surface area contributed by atoms with Gasteiger partial charge >= 0.3 is 0 Å². The monoisotopic (exact) mass is 493 g/mol. The Morgan fingerprint density at radius 1 is 1.24 bits per heavy atom. The van der Waals surface area contributed by atoms with Gasteiger partial charge in [-0.2, -0.15) is 0 Å². The Bertz CT molecular complexity index is 1250. The van der Waals surface area contributed by atoms with E-state index >= 15 is 0 Å². The van der Waals surface area contributed by atoms with E-state index < -0.39 is 29.8 Å². The summed E-state index contributed by atoms with van der Waals surface area (Å²) in [5.41, 5.74) is -1.18. The zero-order valence-corrected chi connectivity index (χ0v) is 18.2. The number of terminal acetylenes is 1. The van der Waals surface area contributed by atoms with Crippen LogP contribution in [0.4, 0.5) is 26.0 Å². The fraction of sp³-hybridized carbons (Fsp3) is 0.143. The van der Waals surface area contributed by atoms with Crippen LogP contribution in [0.5, 0.6) is 5.75 Å². The number of fused-ring (bicyclic) bond motifs is 1. The van der Waals surface area contributed by atoms with Gasteiger partial charge < -0.3 is 20.7 Å². The maximum absolute atomic E-state index is 13.5. The highest BCUT2D eigenvalue weighted by molar-refractivity contribution is 6.31. The second-order valence-electron chi connectivity index (χ2n) is 6.40. The van der Waals surface area contributed by atoms with Crippen molar-refractivity contribution in [2.45, 2.75) is 5.63 Å². The van der Waals surface area contributed by atoms with Crippen LogP contribution < -0.4 is 20.7 Å². The van der Waals surface area contributed by atoms with Gasteiger partial charge in [-0.15, -0.1) is 6.42 Å². The van der Waals surface area contributed by atoms with Gasteiger partial charge in [0, 0.05) is 17.1 Å². The van der Waals surface area contributed by atoms with Crippen LogP contribution in [0.25, 0.3) is 10.9 Å². The molecule has 1 aromatic heterocycles. The lowest BCUT2D eigenvalue weighted by Crippen LogP contribution is -2.36. The lowest BCUT2D eigenvalue weighted by Gasteiger charge is -2.15. The van der Waals surface area contributed by atoms with E-state index in [1.165, 1.54) is 36.7 Å². The summed E-state index contributed by atoms with van der Waals surface area (Å²) in [6.45, 7) is -0.631. The lowest BCUT2D eigenvalue weighted by atomic mass is 10.1. The number of hydrogen-bond donors (Lipinski definition) is 3. The first-order valence-corrected chi connectivity index (χ1v) is 10.0. The highest BCUT2D eigenvalue weighted by atomic mass is 35.5. The van der Waals surface area contributed by atoms with E-state index in [-0.39, 0.29) is 23.1 Å². The van der Waals surface area contributed by atoms with Gasteiger partial charge in [0.2, 0.25) is 5.91 Å². The quantitative estimate of drug-likeness (QED) is 0.326. The number of halogens is 4. The third kappa shape index (κ3) is 6.19. The number of amides is 2. The molecule has 12 heteroatoms. The number of ether oxygens (including phenoxy) is 1. The van der Waals surface area contributed by atoms with Gasteiger partial charge in [-0.1, -0.05) is 29.1 Å². The molecule has 0 fully saturated rings. The maximum atomic E-state index is 13.5. The molecule has 0 bridgehead atoms. The van der Waals surface area contributed by atoms with Crippen molar-refractivity contribution in [2.24, 2.45) is 0 Å². The molecule has 170 valence electrons. The molecular formula is C21H15Cl2F2N5O3. The van der Waals surface area contributed by atoms with Gasteiger partial charge in [0.25, 0.3) is 11.5 Å². The normalized spacial score (nSPS) is 11.4. The number of benzene rings is 2. The highest BCUT2D eigenvalue weighted by Crippen LogP contribution is 2.33. The molecule has 1 atom stereocenters. The van der Waals surface area contributed by atoms with Gasteiger partial charge in [0.05, 0.1) is 22.8 Å². The van der Waals surface area contributed by atoms with Crippen LogP contribution in [-0.2, 0) is 9.59 Å². The first-order chi connectivity index (χ1) is 15.8. The molecule has 0 aliphatic rings. The Balaban J connectivity index is 1.93. The summed E-state index contributed by atoms with van der Waals surface area (Å²) < 4.78 is 31.7. The third-order valence-electron chi connectivity index (χ3n) is 4.13. The molecule has 1 heterocycles. The Morgan fingerprint density at radius 2 is 2.03 bits per heavy atom. The summed E-state index contributed by atoms with van der Waals surface area (Å²) in [7, 11) is 0. The van der Waals surface area contributed by atoms with Crippen LogP contribution in [0, 0.1) is 18.2 Å². The molecule has 3 aromatic rings. The van der Waals surface area contributed by atoms with Crippen LogP contribution in [0.3, 0.4) is 0 Å². The van der Waals surface area contributed by atoms with Crippen molar-refractivity contribution < 1.29 is 23.1 Å². The summed E-state index contributed by atoms with van der Waals surface area (Å²) in [4.78, 5) is 31.9. The van der Waals surface area contributed by atoms with Gasteiger partial charge in [-0.05, 0) is 24.3 Å². The molecule has 2 amide bonds. The minimum absolute atomic E-state index is 0.0780. The van der Waals surface area contributed by atoms with Crippen molar-refractivity contribution in [3.05, 3.63) is 47.5 Å². The summed E-state index contributed by atoms with van der Waals surface area (Å²) in [5, 5.41) is 7.99.